The van der Waals surface area contributed by atoms with E-state index in [1.54, 1.807) is 6.92 Å². The van der Waals surface area contributed by atoms with Gasteiger partial charge in [-0.05, 0) is 51.2 Å². The molecule has 0 fully saturated rings. The van der Waals surface area contributed by atoms with E-state index < -0.39 is 11.5 Å². The van der Waals surface area contributed by atoms with Crippen molar-refractivity contribution in [2.24, 2.45) is 5.73 Å². The van der Waals surface area contributed by atoms with Crippen molar-refractivity contribution in [1.82, 2.24) is 0 Å². The summed E-state index contributed by atoms with van der Waals surface area (Å²) < 4.78 is 11.2. The van der Waals surface area contributed by atoms with E-state index in [2.05, 4.69) is 0 Å². The van der Waals surface area contributed by atoms with E-state index in [0.29, 0.717) is 19.6 Å². The van der Waals surface area contributed by atoms with E-state index in [1.165, 1.54) is 0 Å². The predicted octanol–water partition coefficient (Wildman–Crippen LogP) is 3.17. The molecule has 0 aromatic heterocycles. The quantitative estimate of drug-likeness (QED) is 0.732. The molecule has 0 aliphatic heterocycles. The summed E-state index contributed by atoms with van der Waals surface area (Å²) in [6.45, 7) is 8.54. The van der Waals surface area contributed by atoms with Gasteiger partial charge in [0.2, 0.25) is 0 Å². The molecule has 0 saturated heterocycles. The molecule has 0 aliphatic carbocycles. The lowest BCUT2D eigenvalue weighted by atomic mass is 9.83. The summed E-state index contributed by atoms with van der Waals surface area (Å²) in [5.41, 5.74) is 5.63. The summed E-state index contributed by atoms with van der Waals surface area (Å²) in [6.07, 6.45) is 1.14. The normalized spacial score (nSPS) is 15.0. The Morgan fingerprint density at radius 3 is 2.41 bits per heavy atom. The third kappa shape index (κ3) is 4.63. The molecule has 0 spiro atoms. The van der Waals surface area contributed by atoms with Crippen molar-refractivity contribution >= 4 is 5.97 Å². The second-order valence-corrected chi connectivity index (χ2v) is 5.60. The van der Waals surface area contributed by atoms with Crippen molar-refractivity contribution < 1.29 is 19.4 Å². The Balaban J connectivity index is 3.12. The second kappa shape index (κ2) is 8.03. The van der Waals surface area contributed by atoms with E-state index in [-0.39, 0.29) is 5.92 Å². The highest BCUT2D eigenvalue weighted by Crippen LogP contribution is 2.36. The van der Waals surface area contributed by atoms with Gasteiger partial charge in [0.1, 0.15) is 17.0 Å². The van der Waals surface area contributed by atoms with E-state index in [9.17, 15) is 9.90 Å². The molecule has 1 aromatic rings. The first-order valence-corrected chi connectivity index (χ1v) is 7.77. The van der Waals surface area contributed by atoms with Gasteiger partial charge in [-0.15, -0.1) is 0 Å². The van der Waals surface area contributed by atoms with Gasteiger partial charge in [0.25, 0.3) is 0 Å². The maximum Gasteiger partial charge on any atom is 0.323 e. The Morgan fingerprint density at radius 2 is 1.91 bits per heavy atom. The van der Waals surface area contributed by atoms with Crippen LogP contribution >= 0.6 is 0 Å². The molecule has 22 heavy (non-hydrogen) atoms. The second-order valence-electron chi connectivity index (χ2n) is 5.60. The Labute approximate surface area is 132 Å². The standard InChI is InChI=1S/C17H27NO4/c1-5-12(11-17(4,18)16(19)20)14-9-8-13(21-6-2)10-15(14)22-7-3/h8-10,12H,5-7,11,18H2,1-4H3,(H,19,20). The summed E-state index contributed by atoms with van der Waals surface area (Å²) in [5, 5.41) is 9.24. The van der Waals surface area contributed by atoms with E-state index in [0.717, 1.165) is 23.5 Å². The zero-order valence-corrected chi connectivity index (χ0v) is 13.9. The third-order valence-corrected chi connectivity index (χ3v) is 3.69. The molecule has 0 radical (unpaired) electrons. The lowest BCUT2D eigenvalue weighted by Gasteiger charge is -2.27. The molecule has 0 bridgehead atoms. The van der Waals surface area contributed by atoms with Crippen molar-refractivity contribution in [2.75, 3.05) is 13.2 Å². The van der Waals surface area contributed by atoms with E-state index in [1.807, 2.05) is 39.0 Å². The Bertz CT molecular complexity index is 499. The molecule has 124 valence electrons. The Morgan fingerprint density at radius 1 is 1.27 bits per heavy atom. The Kier molecular flexibility index (Phi) is 6.68. The van der Waals surface area contributed by atoms with Gasteiger partial charge in [0, 0.05) is 6.07 Å². The summed E-state index contributed by atoms with van der Waals surface area (Å²) in [4.78, 5) is 11.3. The molecule has 3 N–H and O–H groups in total. The molecular formula is C17H27NO4. The first-order chi connectivity index (χ1) is 10.4. The highest BCUT2D eigenvalue weighted by atomic mass is 16.5. The zero-order chi connectivity index (χ0) is 16.8. The van der Waals surface area contributed by atoms with Crippen LogP contribution in [0.2, 0.25) is 0 Å². The van der Waals surface area contributed by atoms with Crippen LogP contribution in [0.15, 0.2) is 18.2 Å². The minimum atomic E-state index is -1.26. The molecule has 2 atom stereocenters. The molecule has 2 unspecified atom stereocenters. The smallest absolute Gasteiger partial charge is 0.323 e. The number of ether oxygens (including phenoxy) is 2. The minimum absolute atomic E-state index is 0.0170. The number of hydrogen-bond acceptors (Lipinski definition) is 4. The van der Waals surface area contributed by atoms with Crippen LogP contribution in [0.25, 0.3) is 0 Å². The van der Waals surface area contributed by atoms with Crippen LogP contribution in [-0.4, -0.2) is 29.8 Å². The van der Waals surface area contributed by atoms with Gasteiger partial charge in [-0.1, -0.05) is 13.0 Å². The monoisotopic (exact) mass is 309 g/mol. The summed E-state index contributed by atoms with van der Waals surface area (Å²) in [5.74, 6) is 0.512. The van der Waals surface area contributed by atoms with E-state index >= 15 is 0 Å². The molecule has 0 saturated carbocycles. The van der Waals surface area contributed by atoms with Gasteiger partial charge in [-0.2, -0.15) is 0 Å². The predicted molar refractivity (Wildman–Crippen MR) is 86.7 cm³/mol. The van der Waals surface area contributed by atoms with Crippen LogP contribution in [0.4, 0.5) is 0 Å². The van der Waals surface area contributed by atoms with Gasteiger partial charge in [0.05, 0.1) is 13.2 Å². The average Bonchev–Trinajstić information content (AvgIpc) is 2.46. The van der Waals surface area contributed by atoms with Crippen LogP contribution in [0.1, 0.15) is 52.0 Å². The highest BCUT2D eigenvalue weighted by Gasteiger charge is 2.32. The fraction of sp³-hybridized carbons (Fsp3) is 0.588. The van der Waals surface area contributed by atoms with Gasteiger partial charge < -0.3 is 20.3 Å². The SMILES string of the molecule is CCOc1ccc(C(CC)CC(C)(N)C(=O)O)c(OCC)c1. The number of carboxylic acid groups (broad SMARTS) is 1. The number of aliphatic carboxylic acids is 1. The molecule has 5 heteroatoms. The number of benzene rings is 1. The van der Waals surface area contributed by atoms with E-state index in [4.69, 9.17) is 15.2 Å². The summed E-state index contributed by atoms with van der Waals surface area (Å²) in [6, 6.07) is 5.69. The zero-order valence-electron chi connectivity index (χ0n) is 13.9. The maximum absolute atomic E-state index is 11.3. The lowest BCUT2D eigenvalue weighted by molar-refractivity contribution is -0.143. The van der Waals surface area contributed by atoms with Crippen LogP contribution in [0.3, 0.4) is 0 Å². The van der Waals surface area contributed by atoms with Crippen LogP contribution in [-0.2, 0) is 4.79 Å². The van der Waals surface area contributed by atoms with Crippen molar-refractivity contribution in [3.05, 3.63) is 23.8 Å². The van der Waals surface area contributed by atoms with Crippen molar-refractivity contribution in [2.45, 2.75) is 52.0 Å². The van der Waals surface area contributed by atoms with Crippen molar-refractivity contribution in [3.8, 4) is 11.5 Å². The summed E-state index contributed by atoms with van der Waals surface area (Å²) >= 11 is 0. The van der Waals surface area contributed by atoms with Gasteiger partial charge in [0.15, 0.2) is 0 Å². The average molecular weight is 309 g/mol. The summed E-state index contributed by atoms with van der Waals surface area (Å²) in [7, 11) is 0. The highest BCUT2D eigenvalue weighted by molar-refractivity contribution is 5.78. The first kappa shape index (κ1) is 18.3. The topological polar surface area (TPSA) is 81.8 Å². The number of nitrogens with two attached hydrogens (primary N) is 1. The molecule has 0 amide bonds. The minimum Gasteiger partial charge on any atom is -0.494 e. The molecule has 0 aliphatic rings. The molecule has 1 aromatic carbocycles. The van der Waals surface area contributed by atoms with Crippen molar-refractivity contribution in [1.29, 1.82) is 0 Å². The van der Waals surface area contributed by atoms with Gasteiger partial charge in [-0.3, -0.25) is 4.79 Å². The fourth-order valence-electron chi connectivity index (χ4n) is 2.46. The maximum atomic E-state index is 11.3. The largest absolute Gasteiger partial charge is 0.494 e. The molecule has 1 rings (SSSR count). The fourth-order valence-corrected chi connectivity index (χ4v) is 2.46. The molecular weight excluding hydrogens is 282 g/mol. The Hall–Kier alpha value is -1.75. The van der Waals surface area contributed by atoms with Crippen LogP contribution in [0, 0.1) is 0 Å². The number of carboxylic acids is 1. The number of rotatable bonds is 9. The lowest BCUT2D eigenvalue weighted by Crippen LogP contribution is -2.46. The molecule has 0 heterocycles. The first-order valence-electron chi connectivity index (χ1n) is 7.77. The van der Waals surface area contributed by atoms with Crippen LogP contribution < -0.4 is 15.2 Å². The van der Waals surface area contributed by atoms with Gasteiger partial charge >= 0.3 is 5.97 Å². The third-order valence-electron chi connectivity index (χ3n) is 3.69. The number of hydrogen-bond donors (Lipinski definition) is 2. The molecule has 5 nitrogen and oxygen atoms in total. The van der Waals surface area contributed by atoms with Crippen LogP contribution in [0.5, 0.6) is 11.5 Å². The van der Waals surface area contributed by atoms with Crippen molar-refractivity contribution in [3.63, 3.8) is 0 Å². The van der Waals surface area contributed by atoms with Gasteiger partial charge in [-0.25, -0.2) is 0 Å². The number of carbonyl (C=O) groups is 1.